The molecule has 0 saturated carbocycles. The van der Waals surface area contributed by atoms with Crippen LogP contribution in [0, 0.1) is 11.3 Å². The molecule has 29 heavy (non-hydrogen) atoms. The summed E-state index contributed by atoms with van der Waals surface area (Å²) in [6.07, 6.45) is 1.08. The second-order valence-electron chi connectivity index (χ2n) is 7.20. The van der Waals surface area contributed by atoms with Crippen molar-refractivity contribution in [3.8, 4) is 6.07 Å². The third-order valence-electron chi connectivity index (χ3n) is 5.11. The molecule has 150 valence electrons. The molecule has 0 aliphatic carbocycles. The Hall–Kier alpha value is -3.33. The van der Waals surface area contributed by atoms with Crippen LogP contribution in [0.3, 0.4) is 0 Å². The predicted octanol–water partition coefficient (Wildman–Crippen LogP) is 4.23. The van der Waals surface area contributed by atoms with E-state index in [4.69, 9.17) is 10.00 Å². The fourth-order valence-electron chi connectivity index (χ4n) is 3.83. The number of nitrogens with one attached hydrogen (secondary N) is 1. The molecular weight excluding hydrogens is 366 g/mol. The van der Waals surface area contributed by atoms with E-state index in [1.165, 1.54) is 0 Å². The molecule has 0 fully saturated rings. The number of hydrogen-bond donors (Lipinski definition) is 1. The first kappa shape index (κ1) is 20.4. The molecular formula is C23H25N3O3. The van der Waals surface area contributed by atoms with Gasteiger partial charge in [-0.2, -0.15) is 5.26 Å². The Morgan fingerprint density at radius 1 is 1.24 bits per heavy atom. The van der Waals surface area contributed by atoms with Crippen molar-refractivity contribution in [2.45, 2.75) is 45.7 Å². The van der Waals surface area contributed by atoms with E-state index in [0.717, 1.165) is 22.5 Å². The number of hydrogen-bond acceptors (Lipinski definition) is 5. The molecule has 2 aromatic rings. The highest BCUT2D eigenvalue weighted by molar-refractivity contribution is 5.96. The van der Waals surface area contributed by atoms with E-state index in [9.17, 15) is 9.59 Å². The molecule has 2 unspecified atom stereocenters. The Kier molecular flexibility index (Phi) is 6.18. The van der Waals surface area contributed by atoms with E-state index >= 15 is 0 Å². The zero-order chi connectivity index (χ0) is 21.0. The van der Waals surface area contributed by atoms with Gasteiger partial charge in [-0.25, -0.2) is 4.79 Å². The van der Waals surface area contributed by atoms with E-state index in [-0.39, 0.29) is 24.0 Å². The first-order valence-corrected chi connectivity index (χ1v) is 9.77. The van der Waals surface area contributed by atoms with Crippen LogP contribution in [-0.4, -0.2) is 24.5 Å². The van der Waals surface area contributed by atoms with Crippen LogP contribution in [0.15, 0.2) is 42.5 Å². The smallest absolute Gasteiger partial charge is 0.338 e. The van der Waals surface area contributed by atoms with Gasteiger partial charge in [0.15, 0.2) is 0 Å². The molecule has 2 aromatic carbocycles. The fraction of sp³-hybridized carbons (Fsp3) is 0.348. The monoisotopic (exact) mass is 391 g/mol. The number of fused-ring (bicyclic) bond motifs is 1. The first-order chi connectivity index (χ1) is 13.9. The topological polar surface area (TPSA) is 82.4 Å². The highest BCUT2D eigenvalue weighted by Gasteiger charge is 2.33. The number of rotatable bonds is 5. The van der Waals surface area contributed by atoms with Crippen molar-refractivity contribution in [1.82, 2.24) is 0 Å². The number of nitriles is 1. The Balaban J connectivity index is 1.96. The number of anilines is 2. The van der Waals surface area contributed by atoms with E-state index in [0.29, 0.717) is 25.0 Å². The minimum absolute atomic E-state index is 0.0174. The van der Waals surface area contributed by atoms with Crippen molar-refractivity contribution in [2.75, 3.05) is 16.8 Å². The molecule has 2 atom stereocenters. The molecule has 0 bridgehead atoms. The van der Waals surface area contributed by atoms with Crippen LogP contribution >= 0.6 is 0 Å². The van der Waals surface area contributed by atoms with E-state index in [1.54, 1.807) is 24.8 Å². The van der Waals surface area contributed by atoms with Gasteiger partial charge in [-0.05, 0) is 61.7 Å². The molecule has 0 spiro atoms. The lowest BCUT2D eigenvalue weighted by atomic mass is 9.90. The molecule has 6 nitrogen and oxygen atoms in total. The third-order valence-corrected chi connectivity index (χ3v) is 5.11. The number of benzene rings is 2. The van der Waals surface area contributed by atoms with Crippen molar-refractivity contribution in [2.24, 2.45) is 0 Å². The molecule has 0 saturated heterocycles. The van der Waals surface area contributed by atoms with Crippen LogP contribution in [0.1, 0.15) is 54.7 Å². The van der Waals surface area contributed by atoms with Crippen molar-refractivity contribution in [3.05, 3.63) is 59.2 Å². The quantitative estimate of drug-likeness (QED) is 0.772. The molecule has 1 N–H and O–H groups in total. The second-order valence-corrected chi connectivity index (χ2v) is 7.20. The Morgan fingerprint density at radius 2 is 1.97 bits per heavy atom. The van der Waals surface area contributed by atoms with Gasteiger partial charge in [-0.1, -0.05) is 12.1 Å². The SMILES string of the molecule is CCOC(=O)c1ccc2c(c1)C(Nc1ccc(CC#N)cc1)CC(C)N2C(C)=O. The highest BCUT2D eigenvalue weighted by Crippen LogP contribution is 2.39. The summed E-state index contributed by atoms with van der Waals surface area (Å²) in [6, 6.07) is 15.2. The van der Waals surface area contributed by atoms with Gasteiger partial charge in [0.05, 0.1) is 30.7 Å². The summed E-state index contributed by atoms with van der Waals surface area (Å²) in [5.41, 5.74) is 4.06. The summed E-state index contributed by atoms with van der Waals surface area (Å²) >= 11 is 0. The minimum Gasteiger partial charge on any atom is -0.462 e. The van der Waals surface area contributed by atoms with E-state index < -0.39 is 0 Å². The lowest BCUT2D eigenvalue weighted by Gasteiger charge is -2.39. The number of carbonyl (C=O) groups is 2. The maximum absolute atomic E-state index is 12.2. The van der Waals surface area contributed by atoms with Gasteiger partial charge < -0.3 is 15.0 Å². The van der Waals surface area contributed by atoms with Crippen molar-refractivity contribution in [1.29, 1.82) is 5.26 Å². The zero-order valence-electron chi connectivity index (χ0n) is 16.9. The van der Waals surface area contributed by atoms with Gasteiger partial charge in [-0.3, -0.25) is 4.79 Å². The molecule has 1 aliphatic rings. The summed E-state index contributed by atoms with van der Waals surface area (Å²) < 4.78 is 5.14. The van der Waals surface area contributed by atoms with Crippen molar-refractivity contribution < 1.29 is 14.3 Å². The number of amides is 1. The lowest BCUT2D eigenvalue weighted by molar-refractivity contribution is -0.117. The number of nitrogens with zero attached hydrogens (tertiary/aromatic N) is 2. The molecule has 0 radical (unpaired) electrons. The fourth-order valence-corrected chi connectivity index (χ4v) is 3.83. The third kappa shape index (κ3) is 4.40. The lowest BCUT2D eigenvalue weighted by Crippen LogP contribution is -2.43. The van der Waals surface area contributed by atoms with Crippen LogP contribution < -0.4 is 10.2 Å². The summed E-state index contributed by atoms with van der Waals surface area (Å²) in [4.78, 5) is 26.2. The van der Waals surface area contributed by atoms with Crippen molar-refractivity contribution in [3.63, 3.8) is 0 Å². The van der Waals surface area contributed by atoms with E-state index in [1.807, 2.05) is 43.3 Å². The van der Waals surface area contributed by atoms with Crippen molar-refractivity contribution >= 4 is 23.3 Å². The Labute approximate surface area is 171 Å². The number of esters is 1. The van der Waals surface area contributed by atoms with Gasteiger partial charge in [0, 0.05) is 24.3 Å². The van der Waals surface area contributed by atoms with Gasteiger partial charge in [0.25, 0.3) is 0 Å². The largest absolute Gasteiger partial charge is 0.462 e. The first-order valence-electron chi connectivity index (χ1n) is 9.77. The molecule has 3 rings (SSSR count). The van der Waals surface area contributed by atoms with Crippen LogP contribution in [0.5, 0.6) is 0 Å². The Bertz CT molecular complexity index is 947. The Morgan fingerprint density at radius 3 is 2.59 bits per heavy atom. The summed E-state index contributed by atoms with van der Waals surface area (Å²) in [5.74, 6) is -0.398. The van der Waals surface area contributed by atoms with Crippen LogP contribution in [0.2, 0.25) is 0 Å². The maximum Gasteiger partial charge on any atom is 0.338 e. The summed E-state index contributed by atoms with van der Waals surface area (Å²) in [6.45, 7) is 5.66. The molecule has 0 aromatic heterocycles. The molecule has 1 heterocycles. The standard InChI is InChI=1S/C23H25N3O3/c1-4-29-23(28)18-7-10-22-20(14-18)21(13-15(2)26(22)16(3)27)25-19-8-5-17(6-9-19)11-12-24/h5-10,14-15,21,25H,4,11,13H2,1-3H3. The maximum atomic E-state index is 12.2. The minimum atomic E-state index is -0.372. The number of carbonyl (C=O) groups excluding carboxylic acids is 2. The summed E-state index contributed by atoms with van der Waals surface area (Å²) in [5, 5.41) is 12.4. The average molecular weight is 391 g/mol. The van der Waals surface area contributed by atoms with Crippen LogP contribution in [0.25, 0.3) is 0 Å². The predicted molar refractivity (Wildman–Crippen MR) is 112 cm³/mol. The van der Waals surface area contributed by atoms with Gasteiger partial charge >= 0.3 is 5.97 Å². The van der Waals surface area contributed by atoms with Crippen LogP contribution in [0.4, 0.5) is 11.4 Å². The molecule has 1 aliphatic heterocycles. The van der Waals surface area contributed by atoms with Gasteiger partial charge in [0.2, 0.25) is 5.91 Å². The second kappa shape index (κ2) is 8.78. The van der Waals surface area contributed by atoms with Gasteiger partial charge in [-0.15, -0.1) is 0 Å². The average Bonchev–Trinajstić information content (AvgIpc) is 2.69. The highest BCUT2D eigenvalue weighted by atomic mass is 16.5. The summed E-state index contributed by atoms with van der Waals surface area (Å²) in [7, 11) is 0. The molecule has 1 amide bonds. The van der Waals surface area contributed by atoms with Crippen LogP contribution in [-0.2, 0) is 16.0 Å². The van der Waals surface area contributed by atoms with Gasteiger partial charge in [0.1, 0.15) is 0 Å². The van der Waals surface area contributed by atoms with E-state index in [2.05, 4.69) is 11.4 Å². The number of ether oxygens (including phenoxy) is 1. The normalized spacial score (nSPS) is 17.8. The molecule has 6 heteroatoms. The zero-order valence-corrected chi connectivity index (χ0v) is 16.9.